The van der Waals surface area contributed by atoms with Crippen molar-refractivity contribution in [3.63, 3.8) is 0 Å². The van der Waals surface area contributed by atoms with Crippen molar-refractivity contribution >= 4 is 5.97 Å². The van der Waals surface area contributed by atoms with E-state index < -0.39 is 5.97 Å². The van der Waals surface area contributed by atoms with E-state index in [-0.39, 0.29) is 18.4 Å². The lowest BCUT2D eigenvalue weighted by molar-refractivity contribution is -0.138. The third-order valence-electron chi connectivity index (χ3n) is 3.20. The number of hydrogen-bond acceptors (Lipinski definition) is 2. The number of carboxylic acid groups (broad SMARTS) is 1. The molecule has 1 aliphatic rings. The van der Waals surface area contributed by atoms with Gasteiger partial charge in [0.2, 0.25) is 0 Å². The summed E-state index contributed by atoms with van der Waals surface area (Å²) in [5.74, 6) is -1.03. The monoisotopic (exact) mass is 237 g/mol. The molecule has 3 nitrogen and oxygen atoms in total. The van der Waals surface area contributed by atoms with E-state index in [2.05, 4.69) is 0 Å². The van der Waals surface area contributed by atoms with Crippen molar-refractivity contribution in [2.45, 2.75) is 25.3 Å². The van der Waals surface area contributed by atoms with Crippen molar-refractivity contribution in [1.82, 2.24) is 4.90 Å². The molecule has 0 aromatic heterocycles. The van der Waals surface area contributed by atoms with Crippen LogP contribution in [0.3, 0.4) is 0 Å². The van der Waals surface area contributed by atoms with Gasteiger partial charge in [0.15, 0.2) is 0 Å². The molecule has 1 heterocycles. The normalized spacial score (nSPS) is 20.6. The summed E-state index contributed by atoms with van der Waals surface area (Å²) in [6, 6.07) is 6.76. The van der Waals surface area contributed by atoms with Gasteiger partial charge in [0, 0.05) is 6.04 Å². The number of aliphatic carboxylic acids is 1. The van der Waals surface area contributed by atoms with Crippen LogP contribution in [0.1, 0.15) is 18.4 Å². The highest BCUT2D eigenvalue weighted by Gasteiger charge is 2.26. The van der Waals surface area contributed by atoms with Gasteiger partial charge in [-0.1, -0.05) is 12.1 Å². The first-order chi connectivity index (χ1) is 8.15. The average Bonchev–Trinajstić information content (AvgIpc) is 2.65. The van der Waals surface area contributed by atoms with Gasteiger partial charge in [-0.25, -0.2) is 4.39 Å². The molecule has 1 aromatic carbocycles. The SMILES string of the molecule is O=C(O)CN1CCCC1Cc1cccc(F)c1. The molecule has 1 aliphatic heterocycles. The number of nitrogens with zero attached hydrogens (tertiary/aromatic N) is 1. The average molecular weight is 237 g/mol. The second-order valence-electron chi connectivity index (χ2n) is 4.49. The van der Waals surface area contributed by atoms with E-state index in [1.54, 1.807) is 6.07 Å². The molecule has 4 heteroatoms. The van der Waals surface area contributed by atoms with Crippen molar-refractivity contribution in [2.75, 3.05) is 13.1 Å². The molecule has 1 fully saturated rings. The largest absolute Gasteiger partial charge is 0.480 e. The summed E-state index contributed by atoms with van der Waals surface area (Å²) < 4.78 is 13.0. The predicted molar refractivity (Wildman–Crippen MR) is 62.3 cm³/mol. The van der Waals surface area contributed by atoms with E-state index in [9.17, 15) is 9.18 Å². The Labute approximate surface area is 99.9 Å². The topological polar surface area (TPSA) is 40.5 Å². The molecule has 92 valence electrons. The van der Waals surface area contributed by atoms with Crippen LogP contribution in [0.2, 0.25) is 0 Å². The van der Waals surface area contributed by atoms with Crippen LogP contribution >= 0.6 is 0 Å². The zero-order valence-electron chi connectivity index (χ0n) is 9.60. The van der Waals surface area contributed by atoms with Gasteiger partial charge >= 0.3 is 5.97 Å². The molecular formula is C13H16FNO2. The first kappa shape index (κ1) is 12.0. The Morgan fingerprint density at radius 3 is 3.06 bits per heavy atom. The zero-order valence-corrected chi connectivity index (χ0v) is 9.60. The van der Waals surface area contributed by atoms with Crippen LogP contribution in [0.5, 0.6) is 0 Å². The molecule has 0 spiro atoms. The lowest BCUT2D eigenvalue weighted by Gasteiger charge is -2.22. The fraction of sp³-hybridized carbons (Fsp3) is 0.462. The minimum absolute atomic E-state index is 0.0833. The third-order valence-corrected chi connectivity index (χ3v) is 3.20. The zero-order chi connectivity index (χ0) is 12.3. The molecule has 0 radical (unpaired) electrons. The fourth-order valence-corrected chi connectivity index (χ4v) is 2.44. The maximum atomic E-state index is 13.0. The van der Waals surface area contributed by atoms with Crippen molar-refractivity contribution in [1.29, 1.82) is 0 Å². The fourth-order valence-electron chi connectivity index (χ4n) is 2.44. The Kier molecular flexibility index (Phi) is 3.74. The quantitative estimate of drug-likeness (QED) is 0.869. The summed E-state index contributed by atoms with van der Waals surface area (Å²) in [6.45, 7) is 0.909. The van der Waals surface area contributed by atoms with Crippen LogP contribution in [0.25, 0.3) is 0 Å². The number of hydrogen-bond donors (Lipinski definition) is 1. The molecule has 0 saturated carbocycles. The smallest absolute Gasteiger partial charge is 0.317 e. The lowest BCUT2D eigenvalue weighted by Crippen LogP contribution is -2.35. The van der Waals surface area contributed by atoms with Gasteiger partial charge in [-0.15, -0.1) is 0 Å². The van der Waals surface area contributed by atoms with E-state index in [1.165, 1.54) is 12.1 Å². The van der Waals surface area contributed by atoms with Crippen LogP contribution in [-0.2, 0) is 11.2 Å². The molecule has 0 bridgehead atoms. The molecular weight excluding hydrogens is 221 g/mol. The number of likely N-dealkylation sites (tertiary alicyclic amines) is 1. The first-order valence-corrected chi connectivity index (χ1v) is 5.85. The van der Waals surface area contributed by atoms with E-state index in [4.69, 9.17) is 5.11 Å². The maximum absolute atomic E-state index is 13.0. The third kappa shape index (κ3) is 3.27. The molecule has 1 unspecified atom stereocenters. The minimum Gasteiger partial charge on any atom is -0.480 e. The summed E-state index contributed by atoms with van der Waals surface area (Å²) >= 11 is 0. The van der Waals surface area contributed by atoms with E-state index in [0.717, 1.165) is 31.4 Å². The Bertz CT molecular complexity index is 408. The van der Waals surface area contributed by atoms with Crippen molar-refractivity contribution in [3.8, 4) is 0 Å². The number of rotatable bonds is 4. The van der Waals surface area contributed by atoms with Crippen molar-refractivity contribution in [3.05, 3.63) is 35.6 Å². The summed E-state index contributed by atoms with van der Waals surface area (Å²) in [4.78, 5) is 12.7. The summed E-state index contributed by atoms with van der Waals surface area (Å²) in [7, 11) is 0. The number of benzene rings is 1. The van der Waals surface area contributed by atoms with Crippen molar-refractivity contribution in [2.24, 2.45) is 0 Å². The summed E-state index contributed by atoms with van der Waals surface area (Å²) in [5.41, 5.74) is 0.937. The molecule has 0 amide bonds. The van der Waals surface area contributed by atoms with Gasteiger partial charge in [0.05, 0.1) is 6.54 Å². The molecule has 17 heavy (non-hydrogen) atoms. The van der Waals surface area contributed by atoms with Crippen LogP contribution in [-0.4, -0.2) is 35.1 Å². The van der Waals surface area contributed by atoms with Crippen LogP contribution in [0.15, 0.2) is 24.3 Å². The van der Waals surface area contributed by atoms with Crippen molar-refractivity contribution < 1.29 is 14.3 Å². The minimum atomic E-state index is -0.795. The standard InChI is InChI=1S/C13H16FNO2/c14-11-4-1-3-10(7-11)8-12-5-2-6-15(12)9-13(16)17/h1,3-4,7,12H,2,5-6,8-9H2,(H,16,17). The highest BCUT2D eigenvalue weighted by atomic mass is 19.1. The lowest BCUT2D eigenvalue weighted by atomic mass is 10.0. The second kappa shape index (κ2) is 5.27. The van der Waals surface area contributed by atoms with Gasteiger partial charge in [0.1, 0.15) is 5.82 Å². The summed E-state index contributed by atoms with van der Waals surface area (Å²) in [6.07, 6.45) is 2.74. The molecule has 1 aromatic rings. The number of halogens is 1. The van der Waals surface area contributed by atoms with Crippen LogP contribution in [0.4, 0.5) is 4.39 Å². The molecule has 1 saturated heterocycles. The highest BCUT2D eigenvalue weighted by molar-refractivity contribution is 5.69. The maximum Gasteiger partial charge on any atom is 0.317 e. The van der Waals surface area contributed by atoms with Gasteiger partial charge in [-0.2, -0.15) is 0 Å². The Balaban J connectivity index is 2.00. The van der Waals surface area contributed by atoms with E-state index in [0.29, 0.717) is 0 Å². The van der Waals surface area contributed by atoms with Gasteiger partial charge in [0.25, 0.3) is 0 Å². The Hall–Kier alpha value is -1.42. The van der Waals surface area contributed by atoms with E-state index >= 15 is 0 Å². The second-order valence-corrected chi connectivity index (χ2v) is 4.49. The molecule has 2 rings (SSSR count). The Morgan fingerprint density at radius 1 is 1.53 bits per heavy atom. The van der Waals surface area contributed by atoms with Gasteiger partial charge in [-0.3, -0.25) is 9.69 Å². The Morgan fingerprint density at radius 2 is 2.35 bits per heavy atom. The van der Waals surface area contributed by atoms with E-state index in [1.807, 2.05) is 11.0 Å². The molecule has 1 N–H and O–H groups in total. The van der Waals surface area contributed by atoms with Gasteiger partial charge < -0.3 is 5.11 Å². The van der Waals surface area contributed by atoms with Crippen LogP contribution < -0.4 is 0 Å². The first-order valence-electron chi connectivity index (χ1n) is 5.85. The highest BCUT2D eigenvalue weighted by Crippen LogP contribution is 2.21. The number of carboxylic acids is 1. The summed E-state index contributed by atoms with van der Waals surface area (Å²) in [5, 5.41) is 8.80. The number of carbonyl (C=O) groups is 1. The van der Waals surface area contributed by atoms with Gasteiger partial charge in [-0.05, 0) is 43.5 Å². The molecule has 0 aliphatic carbocycles. The predicted octanol–water partition coefficient (Wildman–Crippen LogP) is 1.92. The molecule has 1 atom stereocenters. The van der Waals surface area contributed by atoms with Crippen LogP contribution in [0, 0.1) is 5.82 Å².